The Morgan fingerprint density at radius 2 is 1.21 bits per heavy atom. The molecule has 1 N–H and O–H groups in total. The van der Waals surface area contributed by atoms with Gasteiger partial charge in [0.05, 0.1) is 12.2 Å². The molecule has 2 aliphatic carbocycles. The Morgan fingerprint density at radius 3 is 1.65 bits per heavy atom. The summed E-state index contributed by atoms with van der Waals surface area (Å²) in [4.78, 5) is 2.10. The lowest BCUT2D eigenvalue weighted by atomic mass is 9.75. The molecule has 2 aromatic carbocycles. The molecule has 0 radical (unpaired) electrons. The van der Waals surface area contributed by atoms with Gasteiger partial charge in [-0.2, -0.15) is 0 Å². The zero-order valence-corrected chi connectivity index (χ0v) is 29.2. The number of hydrogen-bond acceptors (Lipinski definition) is 5. The van der Waals surface area contributed by atoms with E-state index in [0.29, 0.717) is 35.5 Å². The number of rotatable bonds is 12. The van der Waals surface area contributed by atoms with Gasteiger partial charge >= 0.3 is 7.60 Å². The van der Waals surface area contributed by atoms with Crippen LogP contribution in [0.2, 0.25) is 0 Å². The Balaban J connectivity index is 1.80. The molecule has 2 aliphatic rings. The molecule has 4 rings (SSSR count). The number of hydrogen-bond donors (Lipinski definition) is 1. The topological polar surface area (TPSA) is 50.8 Å². The zero-order valence-electron chi connectivity index (χ0n) is 28.3. The van der Waals surface area contributed by atoms with E-state index in [1.807, 2.05) is 20.2 Å². The summed E-state index contributed by atoms with van der Waals surface area (Å²) in [6.45, 7) is 15.9. The second-order valence-electron chi connectivity index (χ2n) is 14.7. The van der Waals surface area contributed by atoms with Crippen molar-refractivity contribution in [2.24, 2.45) is 35.5 Å². The molecule has 5 nitrogen and oxygen atoms in total. The van der Waals surface area contributed by atoms with Crippen molar-refractivity contribution in [1.29, 1.82) is 0 Å². The first kappa shape index (κ1) is 34.2. The normalized spacial score (nSPS) is 28.2. The summed E-state index contributed by atoms with van der Waals surface area (Å²) in [5.41, 5.74) is 3.21. The van der Waals surface area contributed by atoms with Crippen molar-refractivity contribution in [3.05, 3.63) is 65.7 Å². The summed E-state index contributed by atoms with van der Waals surface area (Å²) < 4.78 is 30.0. The Hall–Kier alpha value is -1.65. The van der Waals surface area contributed by atoms with Crippen LogP contribution in [0.3, 0.4) is 0 Å². The molecule has 0 saturated heterocycles. The summed E-state index contributed by atoms with van der Waals surface area (Å²) in [6.07, 6.45) is 6.26. The van der Waals surface area contributed by atoms with Gasteiger partial charge in [-0.3, -0.25) is 9.88 Å². The summed E-state index contributed by atoms with van der Waals surface area (Å²) in [7, 11) is 0.362. The number of nitrogens with one attached hydrogen (secondary N) is 1. The van der Waals surface area contributed by atoms with Crippen LogP contribution < -0.4 is 10.2 Å². The van der Waals surface area contributed by atoms with Gasteiger partial charge in [0.25, 0.3) is 0 Å². The molecule has 0 amide bonds. The van der Waals surface area contributed by atoms with E-state index in [4.69, 9.17) is 9.05 Å². The fraction of sp³-hybridized carbons (Fsp3) is 0.676. The van der Waals surface area contributed by atoms with Crippen LogP contribution in [0.15, 0.2) is 54.6 Å². The van der Waals surface area contributed by atoms with Gasteiger partial charge < -0.3 is 13.9 Å². The molecule has 240 valence electrons. The first-order chi connectivity index (χ1) is 20.4. The minimum absolute atomic E-state index is 0.0439. The van der Waals surface area contributed by atoms with Gasteiger partial charge in [0.1, 0.15) is 5.78 Å². The van der Waals surface area contributed by atoms with Crippen molar-refractivity contribution in [3.8, 4) is 0 Å². The van der Waals surface area contributed by atoms with Gasteiger partial charge in [-0.05, 0) is 91.4 Å². The largest absolute Gasteiger partial charge is 0.378 e. The van der Waals surface area contributed by atoms with E-state index in [9.17, 15) is 0 Å². The third kappa shape index (κ3) is 8.75. The fourth-order valence-electron chi connectivity index (χ4n) is 7.40. The predicted octanol–water partition coefficient (Wildman–Crippen LogP) is 10.2. The van der Waals surface area contributed by atoms with Gasteiger partial charge in [-0.25, -0.2) is 0 Å². The monoisotopic (exact) mass is 610 g/mol. The molecule has 0 heterocycles. The van der Waals surface area contributed by atoms with Gasteiger partial charge in [0, 0.05) is 25.8 Å². The lowest BCUT2D eigenvalue weighted by molar-refractivity contribution is -0.00718. The molecule has 2 fully saturated rings. The van der Waals surface area contributed by atoms with Crippen LogP contribution in [0.4, 0.5) is 5.69 Å². The molecule has 43 heavy (non-hydrogen) atoms. The molecule has 2 aromatic rings. The molecule has 0 unspecified atom stereocenters. The molecular formula is C37H59N2O3P. The summed E-state index contributed by atoms with van der Waals surface area (Å²) >= 11 is 0. The minimum Gasteiger partial charge on any atom is -0.378 e. The van der Waals surface area contributed by atoms with Crippen LogP contribution in [0, 0.1) is 35.5 Å². The standard InChI is InChI=1S/C37H59N2O3P/c1-25(2)33-21-15-27(5)23-35(33)41-43(40,42-36-24-28(6)16-22-34(36)26(3)4)37(31-17-19-32(20-18-31)39(8)9)38-29(7)30-13-11-10-12-14-30/h10-14,17-20,25-29,33-38H,15-16,21-24H2,1-9H3/t27-,28-,29+,33-,34-,35-,36-,37-/m1/s1. The molecule has 0 bridgehead atoms. The Bertz CT molecular complexity index is 1130. The summed E-state index contributed by atoms with van der Waals surface area (Å²) in [6, 6.07) is 18.8. The Labute approximate surface area is 263 Å². The fourth-order valence-corrected chi connectivity index (χ4v) is 9.87. The highest BCUT2D eigenvalue weighted by molar-refractivity contribution is 7.54. The second kappa shape index (κ2) is 15.1. The number of anilines is 1. The van der Waals surface area contributed by atoms with E-state index >= 15 is 4.57 Å². The smallest absolute Gasteiger partial charge is 0.352 e. The van der Waals surface area contributed by atoms with Crippen molar-refractivity contribution < 1.29 is 13.6 Å². The third-order valence-electron chi connectivity index (χ3n) is 10.2. The van der Waals surface area contributed by atoms with Crippen LogP contribution >= 0.6 is 7.60 Å². The maximum atomic E-state index is 15.9. The zero-order chi connectivity index (χ0) is 31.3. The quantitative estimate of drug-likeness (QED) is 0.242. The predicted molar refractivity (Wildman–Crippen MR) is 182 cm³/mol. The first-order valence-electron chi connectivity index (χ1n) is 16.9. The van der Waals surface area contributed by atoms with Crippen molar-refractivity contribution in [2.75, 3.05) is 19.0 Å². The van der Waals surface area contributed by atoms with Crippen molar-refractivity contribution in [2.45, 2.75) is 111 Å². The lowest BCUT2D eigenvalue weighted by Gasteiger charge is -2.44. The SMILES string of the molecule is CC(C)[C@H]1CC[C@@H](C)C[C@H]1OP(=O)(O[C@@H]1C[C@H](C)CC[C@@H]1C(C)C)[C@@H](N[C@@H](C)c1ccccc1)c1ccc(N(C)C)cc1. The second-order valence-corrected chi connectivity index (χ2v) is 16.7. The van der Waals surface area contributed by atoms with E-state index in [2.05, 4.69) is 107 Å². The Kier molecular flexibility index (Phi) is 12.0. The van der Waals surface area contributed by atoms with Gasteiger partial charge in [0.2, 0.25) is 0 Å². The molecule has 6 heteroatoms. The molecule has 8 atom stereocenters. The van der Waals surface area contributed by atoms with Gasteiger partial charge in [0.15, 0.2) is 0 Å². The molecule has 2 saturated carbocycles. The van der Waals surface area contributed by atoms with E-state index in [1.165, 1.54) is 12.8 Å². The highest BCUT2D eigenvalue weighted by Gasteiger charge is 2.47. The average Bonchev–Trinajstić information content (AvgIpc) is 2.96. The number of nitrogens with zero attached hydrogens (tertiary/aromatic N) is 1. The first-order valence-corrected chi connectivity index (χ1v) is 18.5. The summed E-state index contributed by atoms with van der Waals surface area (Å²) in [5, 5.41) is 3.80. The minimum atomic E-state index is -3.73. The molecule has 0 aliphatic heterocycles. The van der Waals surface area contributed by atoms with E-state index < -0.39 is 13.4 Å². The van der Waals surface area contributed by atoms with E-state index in [1.54, 1.807) is 0 Å². The highest BCUT2D eigenvalue weighted by atomic mass is 31.2. The van der Waals surface area contributed by atoms with Crippen LogP contribution in [0.25, 0.3) is 0 Å². The van der Waals surface area contributed by atoms with Crippen LogP contribution in [0.5, 0.6) is 0 Å². The van der Waals surface area contributed by atoms with Crippen LogP contribution in [-0.2, 0) is 13.6 Å². The van der Waals surface area contributed by atoms with Crippen LogP contribution in [-0.4, -0.2) is 26.3 Å². The number of benzene rings is 2. The summed E-state index contributed by atoms with van der Waals surface area (Å²) in [5.74, 6) is 2.14. The molecule has 0 aromatic heterocycles. The van der Waals surface area contributed by atoms with Gasteiger partial charge in [-0.1, -0.05) is 96.8 Å². The molecular weight excluding hydrogens is 551 g/mol. The highest BCUT2D eigenvalue weighted by Crippen LogP contribution is 2.65. The Morgan fingerprint density at radius 1 is 0.721 bits per heavy atom. The lowest BCUT2D eigenvalue weighted by Crippen LogP contribution is -2.38. The van der Waals surface area contributed by atoms with Crippen molar-refractivity contribution in [3.63, 3.8) is 0 Å². The van der Waals surface area contributed by atoms with Gasteiger partial charge in [-0.15, -0.1) is 0 Å². The van der Waals surface area contributed by atoms with E-state index in [-0.39, 0.29) is 18.2 Å². The van der Waals surface area contributed by atoms with Crippen molar-refractivity contribution >= 4 is 13.3 Å². The molecule has 0 spiro atoms. The average molecular weight is 611 g/mol. The maximum absolute atomic E-state index is 15.9. The third-order valence-corrected chi connectivity index (χ3v) is 12.4. The van der Waals surface area contributed by atoms with E-state index in [0.717, 1.165) is 42.5 Å². The van der Waals surface area contributed by atoms with Crippen molar-refractivity contribution in [1.82, 2.24) is 5.32 Å². The van der Waals surface area contributed by atoms with Crippen LogP contribution in [0.1, 0.15) is 110 Å². The maximum Gasteiger partial charge on any atom is 0.352 e.